The van der Waals surface area contributed by atoms with E-state index in [4.69, 9.17) is 11.6 Å². The standard InChI is InChI=1S/C19H18ClN3OS/c1-2-17-18(24)23(13-15-6-4-3-5-7-15)19(25-17)22-21-12-14-8-10-16(20)11-9-14/h3-12,17H,2,13H2,1H3/b21-12+,22-19-. The Hall–Kier alpha value is -2.11. The molecule has 6 heteroatoms. The highest BCUT2D eigenvalue weighted by molar-refractivity contribution is 8.15. The minimum atomic E-state index is -0.0896. The summed E-state index contributed by atoms with van der Waals surface area (Å²) in [7, 11) is 0. The van der Waals surface area contributed by atoms with Gasteiger partial charge in [0.05, 0.1) is 18.0 Å². The van der Waals surface area contributed by atoms with Crippen molar-refractivity contribution in [3.05, 3.63) is 70.7 Å². The number of rotatable bonds is 5. The van der Waals surface area contributed by atoms with Crippen molar-refractivity contribution in [3.8, 4) is 0 Å². The average Bonchev–Trinajstić information content (AvgIpc) is 2.93. The minimum Gasteiger partial charge on any atom is -0.284 e. The van der Waals surface area contributed by atoms with E-state index in [-0.39, 0.29) is 11.2 Å². The number of carbonyl (C=O) groups is 1. The molecule has 0 radical (unpaired) electrons. The molecule has 0 bridgehead atoms. The van der Waals surface area contributed by atoms with Crippen LogP contribution in [-0.4, -0.2) is 27.4 Å². The third-order valence-corrected chi connectivity index (χ3v) is 5.38. The number of thioether (sulfide) groups is 1. The van der Waals surface area contributed by atoms with Gasteiger partial charge in [-0.25, -0.2) is 0 Å². The van der Waals surface area contributed by atoms with Crippen molar-refractivity contribution >= 4 is 40.7 Å². The fourth-order valence-corrected chi connectivity index (χ4v) is 3.60. The van der Waals surface area contributed by atoms with Crippen LogP contribution in [0.15, 0.2) is 64.8 Å². The predicted molar refractivity (Wildman–Crippen MR) is 105 cm³/mol. The van der Waals surface area contributed by atoms with Crippen LogP contribution in [0.4, 0.5) is 0 Å². The molecule has 1 amide bonds. The third kappa shape index (κ3) is 4.50. The van der Waals surface area contributed by atoms with Gasteiger partial charge in [0.1, 0.15) is 0 Å². The summed E-state index contributed by atoms with van der Waals surface area (Å²) in [4.78, 5) is 14.3. The molecule has 1 saturated heterocycles. The van der Waals surface area contributed by atoms with Crippen molar-refractivity contribution in [2.75, 3.05) is 0 Å². The lowest BCUT2D eigenvalue weighted by molar-refractivity contribution is -0.126. The van der Waals surface area contributed by atoms with Crippen molar-refractivity contribution in [2.24, 2.45) is 10.2 Å². The van der Waals surface area contributed by atoms with Crippen LogP contribution in [0.5, 0.6) is 0 Å². The van der Waals surface area contributed by atoms with Crippen LogP contribution in [0.25, 0.3) is 0 Å². The van der Waals surface area contributed by atoms with E-state index in [2.05, 4.69) is 10.2 Å². The fraction of sp³-hybridized carbons (Fsp3) is 0.211. The largest absolute Gasteiger partial charge is 0.284 e. The van der Waals surface area contributed by atoms with Crippen molar-refractivity contribution in [2.45, 2.75) is 25.1 Å². The lowest BCUT2D eigenvalue weighted by Gasteiger charge is -2.15. The third-order valence-electron chi connectivity index (χ3n) is 3.79. The predicted octanol–water partition coefficient (Wildman–Crippen LogP) is 4.58. The summed E-state index contributed by atoms with van der Waals surface area (Å²) in [5.41, 5.74) is 1.98. The molecule has 3 rings (SSSR count). The summed E-state index contributed by atoms with van der Waals surface area (Å²) in [6, 6.07) is 17.3. The average molecular weight is 372 g/mol. The van der Waals surface area contributed by atoms with E-state index in [1.54, 1.807) is 23.2 Å². The maximum Gasteiger partial charge on any atom is 0.242 e. The molecule has 0 aliphatic carbocycles. The van der Waals surface area contributed by atoms with E-state index in [1.165, 1.54) is 11.8 Å². The highest BCUT2D eigenvalue weighted by Gasteiger charge is 2.36. The van der Waals surface area contributed by atoms with Crippen LogP contribution in [0.2, 0.25) is 5.02 Å². The van der Waals surface area contributed by atoms with Crippen LogP contribution in [0, 0.1) is 0 Å². The minimum absolute atomic E-state index is 0.0896. The molecule has 0 N–H and O–H groups in total. The van der Waals surface area contributed by atoms with E-state index >= 15 is 0 Å². The molecule has 1 aliphatic heterocycles. The fourth-order valence-electron chi connectivity index (χ4n) is 2.45. The molecule has 128 valence electrons. The van der Waals surface area contributed by atoms with E-state index in [1.807, 2.05) is 49.4 Å². The van der Waals surface area contributed by atoms with E-state index in [0.29, 0.717) is 16.7 Å². The smallest absolute Gasteiger partial charge is 0.242 e. The number of hydrogen-bond donors (Lipinski definition) is 0. The van der Waals surface area contributed by atoms with Crippen LogP contribution < -0.4 is 0 Å². The second-order valence-corrected chi connectivity index (χ2v) is 7.21. The Labute approximate surface area is 156 Å². The first kappa shape index (κ1) is 17.7. The SMILES string of the molecule is CCC1S/C(=N\N=C\c2ccc(Cl)cc2)N(Cc2ccccc2)C1=O. The summed E-state index contributed by atoms with van der Waals surface area (Å²) in [5.74, 6) is 0.0943. The molecule has 2 aromatic carbocycles. The summed E-state index contributed by atoms with van der Waals surface area (Å²) < 4.78 is 0. The molecule has 1 aliphatic rings. The molecule has 4 nitrogen and oxygen atoms in total. The van der Waals surface area contributed by atoms with Gasteiger partial charge in [0.25, 0.3) is 0 Å². The molecular formula is C19H18ClN3OS. The van der Waals surface area contributed by atoms with Crippen molar-refractivity contribution in [1.82, 2.24) is 4.90 Å². The second kappa shape index (κ2) is 8.32. The monoisotopic (exact) mass is 371 g/mol. The zero-order valence-electron chi connectivity index (χ0n) is 13.8. The molecule has 0 saturated carbocycles. The Kier molecular flexibility index (Phi) is 5.89. The van der Waals surface area contributed by atoms with Gasteiger partial charge >= 0.3 is 0 Å². The molecule has 1 heterocycles. The quantitative estimate of drug-likeness (QED) is 0.570. The first-order valence-corrected chi connectivity index (χ1v) is 9.31. The van der Waals surface area contributed by atoms with Crippen molar-refractivity contribution in [1.29, 1.82) is 0 Å². The first-order chi connectivity index (χ1) is 12.2. The molecule has 2 aromatic rings. The molecule has 0 aromatic heterocycles. The lowest BCUT2D eigenvalue weighted by atomic mass is 10.2. The lowest BCUT2D eigenvalue weighted by Crippen LogP contribution is -2.31. The van der Waals surface area contributed by atoms with Gasteiger partial charge in [0, 0.05) is 5.02 Å². The first-order valence-electron chi connectivity index (χ1n) is 8.06. The molecular weight excluding hydrogens is 354 g/mol. The Morgan fingerprint density at radius 2 is 1.88 bits per heavy atom. The summed E-state index contributed by atoms with van der Waals surface area (Å²) in [5, 5.41) is 9.68. The summed E-state index contributed by atoms with van der Waals surface area (Å²) >= 11 is 7.35. The van der Waals surface area contributed by atoms with E-state index in [0.717, 1.165) is 17.5 Å². The number of benzene rings is 2. The van der Waals surface area contributed by atoms with E-state index in [9.17, 15) is 4.79 Å². The molecule has 25 heavy (non-hydrogen) atoms. The van der Waals surface area contributed by atoms with Crippen molar-refractivity contribution in [3.63, 3.8) is 0 Å². The van der Waals surface area contributed by atoms with Crippen LogP contribution >= 0.6 is 23.4 Å². The normalized spacial score (nSPS) is 19.3. The molecule has 1 fully saturated rings. The van der Waals surface area contributed by atoms with Gasteiger partial charge in [-0.3, -0.25) is 9.69 Å². The number of carbonyl (C=O) groups excluding carboxylic acids is 1. The molecule has 1 unspecified atom stereocenters. The molecule has 0 spiro atoms. The van der Waals surface area contributed by atoms with Gasteiger partial charge in [0.15, 0.2) is 5.17 Å². The second-order valence-electron chi connectivity index (χ2n) is 5.60. The highest BCUT2D eigenvalue weighted by atomic mass is 35.5. The number of amidine groups is 1. The summed E-state index contributed by atoms with van der Waals surface area (Å²) in [6.07, 6.45) is 2.43. The van der Waals surface area contributed by atoms with Crippen LogP contribution in [0.3, 0.4) is 0 Å². The number of hydrogen-bond acceptors (Lipinski definition) is 4. The number of halogens is 1. The van der Waals surface area contributed by atoms with E-state index < -0.39 is 0 Å². The van der Waals surface area contributed by atoms with Gasteiger partial charge in [0.2, 0.25) is 5.91 Å². The maximum atomic E-state index is 12.6. The van der Waals surface area contributed by atoms with Gasteiger partial charge in [-0.2, -0.15) is 5.10 Å². The van der Waals surface area contributed by atoms with Gasteiger partial charge in [-0.1, -0.05) is 72.8 Å². The highest BCUT2D eigenvalue weighted by Crippen LogP contribution is 2.30. The topological polar surface area (TPSA) is 45.0 Å². The van der Waals surface area contributed by atoms with Crippen molar-refractivity contribution < 1.29 is 4.79 Å². The Morgan fingerprint density at radius 3 is 2.56 bits per heavy atom. The van der Waals surface area contributed by atoms with Gasteiger partial charge in [-0.15, -0.1) is 5.10 Å². The van der Waals surface area contributed by atoms with Gasteiger partial charge < -0.3 is 0 Å². The Bertz CT molecular complexity index is 790. The molecule has 1 atom stereocenters. The Morgan fingerprint density at radius 1 is 1.16 bits per heavy atom. The Balaban J connectivity index is 1.78. The maximum absolute atomic E-state index is 12.6. The zero-order chi connectivity index (χ0) is 17.6. The number of nitrogens with zero attached hydrogens (tertiary/aromatic N) is 3. The van der Waals surface area contributed by atoms with Crippen LogP contribution in [0.1, 0.15) is 24.5 Å². The summed E-state index contributed by atoms with van der Waals surface area (Å²) in [6.45, 7) is 2.52. The van der Waals surface area contributed by atoms with Crippen LogP contribution in [-0.2, 0) is 11.3 Å². The zero-order valence-corrected chi connectivity index (χ0v) is 15.4. The number of amides is 1. The van der Waals surface area contributed by atoms with Gasteiger partial charge in [-0.05, 0) is 29.7 Å².